The summed E-state index contributed by atoms with van der Waals surface area (Å²) in [6.07, 6.45) is 1.23. The largest absolute Gasteiger partial charge is 0.393 e. The molecule has 0 bridgehead atoms. The van der Waals surface area contributed by atoms with Crippen molar-refractivity contribution >= 4 is 5.91 Å². The highest BCUT2D eigenvalue weighted by Crippen LogP contribution is 2.34. The Morgan fingerprint density at radius 2 is 1.92 bits per heavy atom. The number of alkyl halides is 3. The van der Waals surface area contributed by atoms with Gasteiger partial charge < -0.3 is 9.47 Å². The number of halogens is 3. The lowest BCUT2D eigenvalue weighted by Crippen LogP contribution is -2.36. The summed E-state index contributed by atoms with van der Waals surface area (Å²) in [6.45, 7) is 0.0690. The van der Waals surface area contributed by atoms with E-state index in [1.165, 1.54) is 6.42 Å². The Morgan fingerprint density at radius 3 is 2.58 bits per heavy atom. The molecule has 1 aromatic rings. The van der Waals surface area contributed by atoms with Gasteiger partial charge in [0.1, 0.15) is 5.82 Å². The van der Waals surface area contributed by atoms with E-state index >= 15 is 0 Å². The molecule has 0 radical (unpaired) electrons. The van der Waals surface area contributed by atoms with Crippen molar-refractivity contribution < 1.29 is 18.0 Å². The minimum absolute atomic E-state index is 0.0374. The van der Waals surface area contributed by atoms with E-state index in [1.807, 2.05) is 0 Å². The molecule has 5 nitrogen and oxygen atoms in total. The number of fused-ring (bicyclic) bond motifs is 1. The van der Waals surface area contributed by atoms with Gasteiger partial charge in [-0.3, -0.25) is 4.79 Å². The first-order chi connectivity index (χ1) is 11.4. The molecule has 1 fully saturated rings. The van der Waals surface area contributed by atoms with Crippen LogP contribution in [-0.4, -0.2) is 38.8 Å². The van der Waals surface area contributed by atoms with Crippen molar-refractivity contribution in [2.24, 2.45) is 11.8 Å². The van der Waals surface area contributed by atoms with Crippen molar-refractivity contribution in [3.8, 4) is 0 Å². The molecule has 3 rings (SSSR count). The molecule has 1 aromatic heterocycles. The molecule has 0 saturated heterocycles. The van der Waals surface area contributed by atoms with Gasteiger partial charge in [0.25, 0.3) is 0 Å². The van der Waals surface area contributed by atoms with Crippen LogP contribution < -0.4 is 0 Å². The summed E-state index contributed by atoms with van der Waals surface area (Å²) in [5, 5.41) is 8.04. The number of hydrogen-bond donors (Lipinski definition) is 0. The lowest BCUT2D eigenvalue weighted by molar-refractivity contribution is -0.182. The fourth-order valence-corrected chi connectivity index (χ4v) is 3.72. The maximum Gasteiger partial charge on any atom is 0.393 e. The van der Waals surface area contributed by atoms with E-state index in [4.69, 9.17) is 0 Å². The number of carbonyl (C=O) groups is 1. The van der Waals surface area contributed by atoms with E-state index in [9.17, 15) is 18.0 Å². The topological polar surface area (TPSA) is 51.0 Å². The van der Waals surface area contributed by atoms with Gasteiger partial charge in [-0.1, -0.05) is 19.3 Å². The SMILES string of the molecule is CN(Cc1nnc2n1CC(C(F)(F)F)CC2)C(=O)C1CCCCC1. The average Bonchev–Trinajstić information content (AvgIpc) is 2.96. The summed E-state index contributed by atoms with van der Waals surface area (Å²) < 4.78 is 40.5. The number of aryl methyl sites for hydroxylation is 1. The molecule has 0 N–H and O–H groups in total. The zero-order chi connectivity index (χ0) is 17.3. The third-order valence-corrected chi connectivity index (χ3v) is 5.20. The fraction of sp³-hybridized carbons (Fsp3) is 0.812. The Bertz CT molecular complexity index is 593. The number of carbonyl (C=O) groups excluding carboxylic acids is 1. The van der Waals surface area contributed by atoms with Crippen LogP contribution in [0.25, 0.3) is 0 Å². The lowest BCUT2D eigenvalue weighted by atomic mass is 9.88. The van der Waals surface area contributed by atoms with Gasteiger partial charge in [0.2, 0.25) is 5.91 Å². The molecular weight excluding hydrogens is 321 g/mol. The molecule has 1 atom stereocenters. The van der Waals surface area contributed by atoms with Crippen molar-refractivity contribution in [2.75, 3.05) is 7.05 Å². The van der Waals surface area contributed by atoms with Crippen molar-refractivity contribution in [3.05, 3.63) is 11.6 Å². The maximum atomic E-state index is 13.0. The molecule has 1 saturated carbocycles. The Morgan fingerprint density at radius 1 is 1.21 bits per heavy atom. The lowest BCUT2D eigenvalue weighted by Gasteiger charge is -2.28. The second kappa shape index (κ2) is 6.72. The number of rotatable bonds is 3. The van der Waals surface area contributed by atoms with Crippen molar-refractivity contribution in [3.63, 3.8) is 0 Å². The number of nitrogens with zero attached hydrogens (tertiary/aromatic N) is 4. The summed E-state index contributed by atoms with van der Waals surface area (Å²) in [6, 6.07) is 0. The van der Waals surface area contributed by atoms with Gasteiger partial charge in [0, 0.05) is 25.9 Å². The van der Waals surface area contributed by atoms with Crippen LogP contribution in [0.3, 0.4) is 0 Å². The molecule has 8 heteroatoms. The fourth-order valence-electron chi connectivity index (χ4n) is 3.72. The summed E-state index contributed by atoms with van der Waals surface area (Å²) >= 11 is 0. The summed E-state index contributed by atoms with van der Waals surface area (Å²) in [5.74, 6) is -0.223. The third kappa shape index (κ3) is 3.57. The molecule has 1 aliphatic carbocycles. The van der Waals surface area contributed by atoms with E-state index in [2.05, 4.69) is 10.2 Å². The van der Waals surface area contributed by atoms with Crippen molar-refractivity contribution in [2.45, 2.75) is 64.2 Å². The van der Waals surface area contributed by atoms with Crippen LogP contribution in [0.5, 0.6) is 0 Å². The Hall–Kier alpha value is -1.60. The van der Waals surface area contributed by atoms with Crippen LogP contribution in [0.1, 0.15) is 50.2 Å². The number of aromatic nitrogens is 3. The first kappa shape index (κ1) is 17.2. The standard InChI is InChI=1S/C16H23F3N4O/c1-22(15(24)11-5-3-2-4-6-11)10-14-21-20-13-8-7-12(9-23(13)14)16(17,18)19/h11-12H,2-10H2,1H3. The van der Waals surface area contributed by atoms with Crippen molar-refractivity contribution in [1.29, 1.82) is 0 Å². The van der Waals surface area contributed by atoms with E-state index in [0.717, 1.165) is 25.7 Å². The van der Waals surface area contributed by atoms with Crippen LogP contribution in [0, 0.1) is 11.8 Å². The van der Waals surface area contributed by atoms with E-state index in [0.29, 0.717) is 11.6 Å². The predicted octanol–water partition coefficient (Wildman–Crippen LogP) is 2.94. The molecule has 1 aliphatic heterocycles. The molecule has 2 aliphatic rings. The highest BCUT2D eigenvalue weighted by atomic mass is 19.4. The third-order valence-electron chi connectivity index (χ3n) is 5.20. The van der Waals surface area contributed by atoms with E-state index in [1.54, 1.807) is 16.5 Å². The summed E-state index contributed by atoms with van der Waals surface area (Å²) in [7, 11) is 1.70. The average molecular weight is 344 g/mol. The highest BCUT2D eigenvalue weighted by Gasteiger charge is 2.42. The maximum absolute atomic E-state index is 13.0. The van der Waals surface area contributed by atoms with Crippen LogP contribution >= 0.6 is 0 Å². The molecule has 134 valence electrons. The van der Waals surface area contributed by atoms with Crippen LogP contribution in [-0.2, 0) is 24.3 Å². The second-order valence-electron chi connectivity index (χ2n) is 6.95. The summed E-state index contributed by atoms with van der Waals surface area (Å²) in [4.78, 5) is 14.1. The first-order valence-electron chi connectivity index (χ1n) is 8.59. The van der Waals surface area contributed by atoms with E-state index in [-0.39, 0.29) is 37.8 Å². The monoisotopic (exact) mass is 344 g/mol. The zero-order valence-electron chi connectivity index (χ0n) is 13.8. The van der Waals surface area contributed by atoms with Gasteiger partial charge in [-0.05, 0) is 19.3 Å². The van der Waals surface area contributed by atoms with Gasteiger partial charge in [-0.25, -0.2) is 0 Å². The van der Waals surface area contributed by atoms with Crippen LogP contribution in [0.4, 0.5) is 13.2 Å². The second-order valence-corrected chi connectivity index (χ2v) is 6.95. The predicted molar refractivity (Wildman–Crippen MR) is 80.9 cm³/mol. The van der Waals surface area contributed by atoms with Crippen LogP contribution in [0.2, 0.25) is 0 Å². The Balaban J connectivity index is 1.68. The van der Waals surface area contributed by atoms with Gasteiger partial charge >= 0.3 is 6.18 Å². The zero-order valence-corrected chi connectivity index (χ0v) is 13.8. The van der Waals surface area contributed by atoms with Crippen LogP contribution in [0.15, 0.2) is 0 Å². The molecule has 24 heavy (non-hydrogen) atoms. The highest BCUT2D eigenvalue weighted by molar-refractivity contribution is 5.78. The molecular formula is C16H23F3N4O. The van der Waals surface area contributed by atoms with E-state index < -0.39 is 12.1 Å². The Kier molecular flexibility index (Phi) is 4.83. The smallest absolute Gasteiger partial charge is 0.338 e. The molecule has 0 aromatic carbocycles. The quantitative estimate of drug-likeness (QED) is 0.847. The Labute approximate surface area is 139 Å². The molecule has 1 unspecified atom stereocenters. The minimum atomic E-state index is -4.21. The first-order valence-corrected chi connectivity index (χ1v) is 8.59. The van der Waals surface area contributed by atoms with Gasteiger partial charge in [0.05, 0.1) is 12.5 Å². The number of hydrogen-bond acceptors (Lipinski definition) is 3. The number of amides is 1. The summed E-state index contributed by atoms with van der Waals surface area (Å²) in [5.41, 5.74) is 0. The van der Waals surface area contributed by atoms with Gasteiger partial charge in [0.15, 0.2) is 5.82 Å². The molecule has 2 heterocycles. The molecule has 1 amide bonds. The normalized spacial score (nSPS) is 22.2. The van der Waals surface area contributed by atoms with Gasteiger partial charge in [-0.2, -0.15) is 13.2 Å². The molecule has 0 spiro atoms. The van der Waals surface area contributed by atoms with Gasteiger partial charge in [-0.15, -0.1) is 10.2 Å². The van der Waals surface area contributed by atoms with Crippen molar-refractivity contribution in [1.82, 2.24) is 19.7 Å². The minimum Gasteiger partial charge on any atom is -0.338 e.